The summed E-state index contributed by atoms with van der Waals surface area (Å²) in [5.41, 5.74) is 3.32. The van der Waals surface area contributed by atoms with Crippen LogP contribution in [0.3, 0.4) is 0 Å². The molecule has 1 aromatic carbocycles. The van der Waals surface area contributed by atoms with E-state index >= 15 is 0 Å². The lowest BCUT2D eigenvalue weighted by atomic mass is 10.2. The smallest absolute Gasteiger partial charge is 0.323 e. The molecule has 5 heteroatoms. The molecule has 2 rings (SSSR count). The van der Waals surface area contributed by atoms with Crippen molar-refractivity contribution in [3.05, 3.63) is 28.7 Å². The molecule has 0 radical (unpaired) electrons. The monoisotopic (exact) mass is 255 g/mol. The number of alkyl halides is 1. The van der Waals surface area contributed by atoms with Crippen molar-refractivity contribution in [3.8, 4) is 0 Å². The van der Waals surface area contributed by atoms with Crippen molar-refractivity contribution in [2.75, 3.05) is 17.4 Å². The Hall–Kier alpha value is -1.23. The fourth-order valence-corrected chi connectivity index (χ4v) is 1.62. The highest BCUT2D eigenvalue weighted by atomic mass is 79.9. The van der Waals surface area contributed by atoms with Crippen LogP contribution in [-0.2, 0) is 0 Å². The van der Waals surface area contributed by atoms with Crippen LogP contribution in [0.4, 0.5) is 5.69 Å². The molecule has 14 heavy (non-hydrogen) atoms. The molecule has 0 saturated heterocycles. The first-order valence-corrected chi connectivity index (χ1v) is 5.32. The van der Waals surface area contributed by atoms with E-state index in [0.29, 0.717) is 0 Å². The van der Waals surface area contributed by atoms with Gasteiger partial charge in [0, 0.05) is 12.7 Å². The Balaban J connectivity index is 2.55. The number of imidazole rings is 1. The van der Waals surface area contributed by atoms with E-state index in [4.69, 9.17) is 0 Å². The summed E-state index contributed by atoms with van der Waals surface area (Å²) in [5.74, 6) is 0. The van der Waals surface area contributed by atoms with Crippen LogP contribution < -0.4 is 10.6 Å². The van der Waals surface area contributed by atoms with E-state index in [1.807, 2.05) is 30.1 Å². The fourth-order valence-electron chi connectivity index (χ4n) is 1.33. The normalized spacial score (nSPS) is 10.7. The van der Waals surface area contributed by atoms with Crippen LogP contribution in [0.25, 0.3) is 11.0 Å². The van der Waals surface area contributed by atoms with E-state index in [9.17, 15) is 4.79 Å². The van der Waals surface area contributed by atoms with Crippen LogP contribution in [0, 0.1) is 0 Å². The van der Waals surface area contributed by atoms with E-state index in [1.54, 1.807) is 0 Å². The minimum atomic E-state index is -0.168. The van der Waals surface area contributed by atoms with Gasteiger partial charge in [0.2, 0.25) is 0 Å². The van der Waals surface area contributed by atoms with Gasteiger partial charge in [-0.15, -0.1) is 0 Å². The number of fused-ring (bicyclic) bond motifs is 1. The van der Waals surface area contributed by atoms with Crippen LogP contribution in [0.1, 0.15) is 0 Å². The number of nitrogens with one attached hydrogen (secondary N) is 2. The van der Waals surface area contributed by atoms with Gasteiger partial charge in [-0.05, 0) is 18.2 Å². The van der Waals surface area contributed by atoms with Crippen LogP contribution >= 0.6 is 15.9 Å². The topological polar surface area (TPSA) is 51.9 Å². The lowest BCUT2D eigenvalue weighted by Gasteiger charge is -2.15. The molecule has 0 amide bonds. The molecule has 1 heterocycles. The first-order chi connectivity index (χ1) is 6.70. The molecule has 2 aromatic rings. The van der Waals surface area contributed by atoms with Crippen molar-refractivity contribution in [1.29, 1.82) is 0 Å². The minimum absolute atomic E-state index is 0.168. The zero-order chi connectivity index (χ0) is 10.1. The zero-order valence-corrected chi connectivity index (χ0v) is 9.26. The maximum absolute atomic E-state index is 11.0. The minimum Gasteiger partial charge on any atom is -0.365 e. The SMILES string of the molecule is CN(CBr)c1ccc2[nH]c(=O)[nH]c2c1. The van der Waals surface area contributed by atoms with E-state index in [1.165, 1.54) is 0 Å². The lowest BCUT2D eigenvalue weighted by molar-refractivity contribution is 1.11. The molecule has 0 saturated carbocycles. The van der Waals surface area contributed by atoms with Crippen molar-refractivity contribution in [3.63, 3.8) is 0 Å². The van der Waals surface area contributed by atoms with E-state index < -0.39 is 0 Å². The summed E-state index contributed by atoms with van der Waals surface area (Å²) >= 11 is 3.37. The van der Waals surface area contributed by atoms with Gasteiger partial charge in [-0.1, -0.05) is 15.9 Å². The van der Waals surface area contributed by atoms with E-state index in [0.717, 1.165) is 22.2 Å². The summed E-state index contributed by atoms with van der Waals surface area (Å²) in [6, 6.07) is 5.80. The second kappa shape index (κ2) is 3.49. The number of benzene rings is 1. The quantitative estimate of drug-likeness (QED) is 0.634. The predicted molar refractivity (Wildman–Crippen MR) is 61.1 cm³/mol. The van der Waals surface area contributed by atoms with Gasteiger partial charge in [-0.2, -0.15) is 0 Å². The van der Waals surface area contributed by atoms with E-state index in [-0.39, 0.29) is 5.69 Å². The lowest BCUT2D eigenvalue weighted by Crippen LogP contribution is -2.13. The van der Waals surface area contributed by atoms with Gasteiger partial charge in [-0.3, -0.25) is 0 Å². The van der Waals surface area contributed by atoms with Gasteiger partial charge < -0.3 is 14.9 Å². The number of halogens is 1. The summed E-state index contributed by atoms with van der Waals surface area (Å²) in [7, 11) is 1.97. The number of rotatable bonds is 2. The second-order valence-electron chi connectivity index (χ2n) is 3.13. The van der Waals surface area contributed by atoms with Gasteiger partial charge in [0.25, 0.3) is 0 Å². The van der Waals surface area contributed by atoms with Crippen molar-refractivity contribution in [1.82, 2.24) is 9.97 Å². The summed E-state index contributed by atoms with van der Waals surface area (Å²) in [5, 5.41) is 0. The molecular weight excluding hydrogens is 246 g/mol. The molecule has 1 aromatic heterocycles. The van der Waals surface area contributed by atoms with Crippen LogP contribution in [0.15, 0.2) is 23.0 Å². The van der Waals surface area contributed by atoms with Gasteiger partial charge in [-0.25, -0.2) is 4.79 Å². The molecule has 0 fully saturated rings. The largest absolute Gasteiger partial charge is 0.365 e. The Labute approximate surface area is 89.1 Å². The van der Waals surface area contributed by atoms with Crippen LogP contribution in [0.5, 0.6) is 0 Å². The molecule has 0 aliphatic rings. The first-order valence-electron chi connectivity index (χ1n) is 4.20. The molecular formula is C9H10BrN3O. The third kappa shape index (κ3) is 1.55. The molecule has 0 spiro atoms. The predicted octanol–water partition coefficient (Wildman–Crippen LogP) is 1.64. The van der Waals surface area contributed by atoms with Crippen molar-refractivity contribution < 1.29 is 0 Å². The number of hydrogen-bond acceptors (Lipinski definition) is 2. The molecule has 0 aliphatic heterocycles. The second-order valence-corrected chi connectivity index (χ2v) is 3.63. The average Bonchev–Trinajstić information content (AvgIpc) is 2.55. The molecule has 0 unspecified atom stereocenters. The summed E-state index contributed by atoms with van der Waals surface area (Å²) in [4.78, 5) is 18.5. The number of anilines is 1. The molecule has 4 nitrogen and oxygen atoms in total. The number of nitrogens with zero attached hydrogens (tertiary/aromatic N) is 1. The first kappa shape index (κ1) is 9.33. The van der Waals surface area contributed by atoms with Gasteiger partial charge in [0.05, 0.1) is 16.5 Å². The number of H-pyrrole nitrogens is 2. The fraction of sp³-hybridized carbons (Fsp3) is 0.222. The Kier molecular flexibility index (Phi) is 2.33. The average molecular weight is 256 g/mol. The highest BCUT2D eigenvalue weighted by Gasteiger charge is 2.02. The highest BCUT2D eigenvalue weighted by Crippen LogP contribution is 2.18. The summed E-state index contributed by atoms with van der Waals surface area (Å²) in [6.07, 6.45) is 0. The zero-order valence-electron chi connectivity index (χ0n) is 7.67. The van der Waals surface area contributed by atoms with Crippen LogP contribution in [-0.4, -0.2) is 22.5 Å². The Morgan fingerprint density at radius 3 is 2.79 bits per heavy atom. The Morgan fingerprint density at radius 1 is 1.36 bits per heavy atom. The van der Waals surface area contributed by atoms with Crippen LogP contribution in [0.2, 0.25) is 0 Å². The molecule has 0 aliphatic carbocycles. The summed E-state index contributed by atoms with van der Waals surface area (Å²) < 4.78 is 0. The standard InChI is InChI=1S/C9H10BrN3O/c1-13(5-10)6-2-3-7-8(4-6)12-9(14)11-7/h2-4H,5H2,1H3,(H2,11,12,14). The maximum atomic E-state index is 11.0. The van der Waals surface area contributed by atoms with Crippen molar-refractivity contribution >= 4 is 32.7 Å². The van der Waals surface area contributed by atoms with Gasteiger partial charge >= 0.3 is 5.69 Å². The molecule has 74 valence electrons. The third-order valence-corrected chi connectivity index (χ3v) is 2.87. The Morgan fingerprint density at radius 2 is 2.07 bits per heavy atom. The van der Waals surface area contributed by atoms with Crippen molar-refractivity contribution in [2.24, 2.45) is 0 Å². The molecule has 0 bridgehead atoms. The van der Waals surface area contributed by atoms with Crippen molar-refractivity contribution in [2.45, 2.75) is 0 Å². The number of aromatic amines is 2. The van der Waals surface area contributed by atoms with Gasteiger partial charge in [0.1, 0.15) is 0 Å². The Bertz CT molecular complexity index is 502. The number of aromatic nitrogens is 2. The van der Waals surface area contributed by atoms with Gasteiger partial charge in [0.15, 0.2) is 0 Å². The maximum Gasteiger partial charge on any atom is 0.323 e. The summed E-state index contributed by atoms with van der Waals surface area (Å²) in [6.45, 7) is 0. The van der Waals surface area contributed by atoms with E-state index in [2.05, 4.69) is 25.9 Å². The molecule has 2 N–H and O–H groups in total. The third-order valence-electron chi connectivity index (χ3n) is 2.12. The highest BCUT2D eigenvalue weighted by molar-refractivity contribution is 9.09. The number of hydrogen-bond donors (Lipinski definition) is 2. The molecule has 0 atom stereocenters.